The SMILES string of the molecule is CCCNC(CSCCOC)C1CCCC1. The van der Waals surface area contributed by atoms with Crippen molar-refractivity contribution in [3.63, 3.8) is 0 Å². The van der Waals surface area contributed by atoms with Crippen molar-refractivity contribution in [2.24, 2.45) is 5.92 Å². The Balaban J connectivity index is 2.19. The largest absolute Gasteiger partial charge is 0.384 e. The first-order valence-corrected chi connectivity index (χ1v) is 7.84. The van der Waals surface area contributed by atoms with Gasteiger partial charge < -0.3 is 10.1 Å². The molecule has 3 heteroatoms. The van der Waals surface area contributed by atoms with Crippen molar-refractivity contribution >= 4 is 11.8 Å². The average molecular weight is 245 g/mol. The van der Waals surface area contributed by atoms with Crippen molar-refractivity contribution in [1.29, 1.82) is 0 Å². The molecule has 1 N–H and O–H groups in total. The van der Waals surface area contributed by atoms with Gasteiger partial charge in [-0.2, -0.15) is 11.8 Å². The fraction of sp³-hybridized carbons (Fsp3) is 1.00. The summed E-state index contributed by atoms with van der Waals surface area (Å²) in [5.41, 5.74) is 0. The van der Waals surface area contributed by atoms with E-state index in [-0.39, 0.29) is 0 Å². The number of ether oxygens (including phenoxy) is 1. The second-order valence-corrected chi connectivity index (χ2v) is 5.82. The fourth-order valence-corrected chi connectivity index (χ4v) is 3.50. The molecule has 0 spiro atoms. The number of methoxy groups -OCH3 is 1. The average Bonchev–Trinajstić information content (AvgIpc) is 2.82. The maximum Gasteiger partial charge on any atom is 0.0552 e. The first-order chi connectivity index (χ1) is 7.88. The van der Waals surface area contributed by atoms with Crippen LogP contribution in [0, 0.1) is 5.92 Å². The van der Waals surface area contributed by atoms with Crippen LogP contribution in [0.15, 0.2) is 0 Å². The number of hydrogen-bond donors (Lipinski definition) is 1. The van der Waals surface area contributed by atoms with Gasteiger partial charge in [-0.3, -0.25) is 0 Å². The van der Waals surface area contributed by atoms with Crippen LogP contribution in [0.4, 0.5) is 0 Å². The highest BCUT2D eigenvalue weighted by atomic mass is 32.2. The van der Waals surface area contributed by atoms with Crippen LogP contribution in [0.2, 0.25) is 0 Å². The number of nitrogens with one attached hydrogen (secondary N) is 1. The molecule has 1 aliphatic rings. The van der Waals surface area contributed by atoms with Crippen LogP contribution in [0.3, 0.4) is 0 Å². The molecule has 1 saturated carbocycles. The van der Waals surface area contributed by atoms with Gasteiger partial charge in [0.2, 0.25) is 0 Å². The zero-order chi connectivity index (χ0) is 11.6. The van der Waals surface area contributed by atoms with E-state index in [2.05, 4.69) is 12.2 Å². The van der Waals surface area contributed by atoms with Gasteiger partial charge in [0.25, 0.3) is 0 Å². The Hall–Kier alpha value is 0.270. The Labute approximate surface area is 105 Å². The Kier molecular flexibility index (Phi) is 8.34. The van der Waals surface area contributed by atoms with Gasteiger partial charge in [-0.05, 0) is 31.7 Å². The quantitative estimate of drug-likeness (QED) is 0.631. The highest BCUT2D eigenvalue weighted by molar-refractivity contribution is 7.99. The minimum Gasteiger partial charge on any atom is -0.384 e. The molecule has 0 aromatic heterocycles. The maximum atomic E-state index is 5.09. The van der Waals surface area contributed by atoms with Gasteiger partial charge in [0, 0.05) is 24.7 Å². The molecule has 2 nitrogen and oxygen atoms in total. The minimum atomic E-state index is 0.740. The molecule has 16 heavy (non-hydrogen) atoms. The molecule has 1 fully saturated rings. The highest BCUT2D eigenvalue weighted by Crippen LogP contribution is 2.29. The van der Waals surface area contributed by atoms with Gasteiger partial charge in [0.15, 0.2) is 0 Å². The second kappa shape index (κ2) is 9.32. The molecule has 0 aromatic rings. The van der Waals surface area contributed by atoms with E-state index < -0.39 is 0 Å². The van der Waals surface area contributed by atoms with E-state index >= 15 is 0 Å². The Morgan fingerprint density at radius 2 is 2.12 bits per heavy atom. The smallest absolute Gasteiger partial charge is 0.0552 e. The van der Waals surface area contributed by atoms with E-state index in [1.54, 1.807) is 7.11 Å². The molecule has 0 aromatic carbocycles. The predicted octanol–water partition coefficient (Wildman–Crippen LogP) is 2.92. The Morgan fingerprint density at radius 3 is 2.75 bits per heavy atom. The van der Waals surface area contributed by atoms with E-state index in [9.17, 15) is 0 Å². The number of thioether (sulfide) groups is 1. The highest BCUT2D eigenvalue weighted by Gasteiger charge is 2.24. The summed E-state index contributed by atoms with van der Waals surface area (Å²) >= 11 is 2.04. The number of hydrogen-bond acceptors (Lipinski definition) is 3. The van der Waals surface area contributed by atoms with E-state index in [1.807, 2.05) is 11.8 Å². The van der Waals surface area contributed by atoms with Gasteiger partial charge in [-0.15, -0.1) is 0 Å². The third kappa shape index (κ3) is 5.55. The van der Waals surface area contributed by atoms with Crippen LogP contribution in [-0.4, -0.2) is 37.8 Å². The zero-order valence-electron chi connectivity index (χ0n) is 10.8. The molecular formula is C13H27NOS. The van der Waals surface area contributed by atoms with Crippen molar-refractivity contribution in [3.8, 4) is 0 Å². The first-order valence-electron chi connectivity index (χ1n) is 6.68. The molecule has 0 aliphatic heterocycles. The molecule has 0 radical (unpaired) electrons. The van der Waals surface area contributed by atoms with Crippen molar-refractivity contribution in [3.05, 3.63) is 0 Å². The topological polar surface area (TPSA) is 21.3 Å². The lowest BCUT2D eigenvalue weighted by molar-refractivity contribution is 0.218. The second-order valence-electron chi connectivity index (χ2n) is 4.67. The zero-order valence-corrected chi connectivity index (χ0v) is 11.7. The summed E-state index contributed by atoms with van der Waals surface area (Å²) in [6, 6.07) is 0.740. The lowest BCUT2D eigenvalue weighted by Gasteiger charge is -2.24. The van der Waals surface area contributed by atoms with E-state index in [0.29, 0.717) is 0 Å². The summed E-state index contributed by atoms with van der Waals surface area (Å²) in [4.78, 5) is 0. The monoisotopic (exact) mass is 245 g/mol. The van der Waals surface area contributed by atoms with Gasteiger partial charge in [0.1, 0.15) is 0 Å². The maximum absolute atomic E-state index is 5.09. The molecule has 0 amide bonds. The van der Waals surface area contributed by atoms with Crippen LogP contribution in [-0.2, 0) is 4.74 Å². The molecular weight excluding hydrogens is 218 g/mol. The molecule has 0 bridgehead atoms. The van der Waals surface area contributed by atoms with Crippen LogP contribution in [0.25, 0.3) is 0 Å². The van der Waals surface area contributed by atoms with Gasteiger partial charge in [-0.1, -0.05) is 19.8 Å². The Morgan fingerprint density at radius 1 is 1.38 bits per heavy atom. The predicted molar refractivity (Wildman–Crippen MR) is 73.2 cm³/mol. The normalized spacial score (nSPS) is 19.1. The van der Waals surface area contributed by atoms with Crippen LogP contribution in [0.5, 0.6) is 0 Å². The van der Waals surface area contributed by atoms with E-state index in [0.717, 1.165) is 24.3 Å². The standard InChI is InChI=1S/C13H27NOS/c1-3-8-14-13(11-16-10-9-15-2)12-6-4-5-7-12/h12-14H,3-11H2,1-2H3. The van der Waals surface area contributed by atoms with Crippen molar-refractivity contribution in [2.45, 2.75) is 45.1 Å². The summed E-state index contributed by atoms with van der Waals surface area (Å²) in [7, 11) is 1.78. The van der Waals surface area contributed by atoms with E-state index in [4.69, 9.17) is 4.74 Å². The van der Waals surface area contributed by atoms with Gasteiger partial charge >= 0.3 is 0 Å². The van der Waals surface area contributed by atoms with Crippen molar-refractivity contribution < 1.29 is 4.74 Å². The lowest BCUT2D eigenvalue weighted by Crippen LogP contribution is -2.38. The summed E-state index contributed by atoms with van der Waals surface area (Å²) in [6.07, 6.45) is 7.00. The summed E-state index contributed by atoms with van der Waals surface area (Å²) in [5, 5.41) is 3.73. The first kappa shape index (κ1) is 14.3. The third-order valence-electron chi connectivity index (χ3n) is 3.35. The third-order valence-corrected chi connectivity index (χ3v) is 4.40. The molecule has 1 rings (SSSR count). The fourth-order valence-electron chi connectivity index (χ4n) is 2.40. The summed E-state index contributed by atoms with van der Waals surface area (Å²) in [5.74, 6) is 3.32. The van der Waals surface area contributed by atoms with E-state index in [1.165, 1.54) is 44.4 Å². The van der Waals surface area contributed by atoms with Gasteiger partial charge in [-0.25, -0.2) is 0 Å². The van der Waals surface area contributed by atoms with Crippen LogP contribution in [0.1, 0.15) is 39.0 Å². The molecule has 1 unspecified atom stereocenters. The van der Waals surface area contributed by atoms with Gasteiger partial charge in [0.05, 0.1) is 6.61 Å². The molecule has 0 saturated heterocycles. The Bertz CT molecular complexity index is 160. The summed E-state index contributed by atoms with van der Waals surface area (Å²) < 4.78 is 5.09. The molecule has 1 atom stereocenters. The summed E-state index contributed by atoms with van der Waals surface area (Å²) in [6.45, 7) is 4.30. The molecule has 0 heterocycles. The van der Waals surface area contributed by atoms with Crippen molar-refractivity contribution in [1.82, 2.24) is 5.32 Å². The lowest BCUT2D eigenvalue weighted by atomic mass is 10.00. The van der Waals surface area contributed by atoms with Crippen molar-refractivity contribution in [2.75, 3.05) is 31.8 Å². The molecule has 1 aliphatic carbocycles. The van der Waals surface area contributed by atoms with Crippen LogP contribution >= 0.6 is 11.8 Å². The molecule has 96 valence electrons. The minimum absolute atomic E-state index is 0.740. The van der Waals surface area contributed by atoms with Crippen LogP contribution < -0.4 is 5.32 Å². The number of rotatable bonds is 9.